The van der Waals surface area contributed by atoms with E-state index in [0.29, 0.717) is 16.2 Å². The molecule has 0 saturated carbocycles. The Kier molecular flexibility index (Phi) is 18.3. The van der Waals surface area contributed by atoms with Crippen LogP contribution in [-0.4, -0.2) is 107 Å². The van der Waals surface area contributed by atoms with E-state index in [1.165, 1.54) is 129 Å². The predicted molar refractivity (Wildman–Crippen MR) is 159 cm³/mol. The van der Waals surface area contributed by atoms with E-state index in [2.05, 4.69) is 135 Å². The molecule has 0 aliphatic heterocycles. The summed E-state index contributed by atoms with van der Waals surface area (Å²) in [7, 11) is -5.39. The minimum atomic E-state index is -5.39. The molecule has 38 heavy (non-hydrogen) atoms. The molecule has 8 heteroatoms. The molecule has 3 aromatic rings. The van der Waals surface area contributed by atoms with Gasteiger partial charge in [-0.2, -0.15) is 7.82 Å². The molecule has 0 aliphatic carbocycles. The van der Waals surface area contributed by atoms with Gasteiger partial charge in [0.15, 0.2) is 0 Å². The van der Waals surface area contributed by atoms with Gasteiger partial charge in [-0.15, -0.1) is 0 Å². The maximum Gasteiger partial charge on any atom is -0.159 e. The van der Waals surface area contributed by atoms with Gasteiger partial charge in [0.25, 0.3) is 0 Å². The van der Waals surface area contributed by atoms with Gasteiger partial charge in [-0.05, 0) is 0 Å². The molecule has 4 nitrogen and oxygen atoms in total. The Morgan fingerprint density at radius 1 is 0.447 bits per heavy atom. The van der Waals surface area contributed by atoms with Gasteiger partial charge in [0.2, 0.25) is 0 Å². The molecule has 0 amide bonds. The molecule has 3 aromatic carbocycles. The van der Waals surface area contributed by atoms with Gasteiger partial charge in [-0.1, -0.05) is 0 Å². The normalized spacial score (nSPS) is 11.7. The Bertz CT molecular complexity index is 979. The van der Waals surface area contributed by atoms with E-state index in [0.717, 1.165) is 0 Å². The molecule has 0 bridgehead atoms. The minimum Gasteiger partial charge on any atom is -0.822 e. The van der Waals surface area contributed by atoms with Gasteiger partial charge in [0.1, 0.15) is 0 Å². The van der Waals surface area contributed by atoms with E-state index in [-0.39, 0.29) is 0 Å². The third kappa shape index (κ3) is 20.4. The van der Waals surface area contributed by atoms with Crippen molar-refractivity contribution >= 4 is 120 Å². The molecule has 0 radical (unpaired) electrons. The summed E-state index contributed by atoms with van der Waals surface area (Å²) in [6, 6.07) is 26.7. The average molecular weight is 615 g/mol. The Balaban J connectivity index is 0.000000497. The molecule has 194 valence electrons. The average Bonchev–Trinajstić information content (AvgIpc) is 2.72. The Morgan fingerprint density at radius 2 is 0.579 bits per heavy atom. The van der Waals surface area contributed by atoms with Crippen molar-refractivity contribution in [3.63, 3.8) is 0 Å². The van der Waals surface area contributed by atoms with Gasteiger partial charge >= 0.3 is 280 Å². The van der Waals surface area contributed by atoms with Crippen LogP contribution in [0.15, 0.2) is 72.8 Å². The van der Waals surface area contributed by atoms with E-state index in [1.54, 1.807) is 0 Å². The quantitative estimate of drug-likeness (QED) is 0.288. The predicted octanol–water partition coefficient (Wildman–Crippen LogP) is 2.51. The SMILES string of the molecule is CC(C)(C)c1cc[c]([Ca+])cc1.CC(C)(C)c1cc[c]([Ca+])cc1.CC(C)(C)c1cc[c]([Ca+])cc1.O=P([O-])([O-])[O-]. The molecule has 0 fully saturated rings. The molecular weight excluding hydrogens is 576 g/mol. The summed E-state index contributed by atoms with van der Waals surface area (Å²) in [6.07, 6.45) is 0. The first kappa shape index (κ1) is 39.5. The fourth-order valence-electron chi connectivity index (χ4n) is 3.01. The zero-order chi connectivity index (χ0) is 29.9. The van der Waals surface area contributed by atoms with Gasteiger partial charge in [0.05, 0.1) is 0 Å². The first-order valence-electron chi connectivity index (χ1n) is 12.5. The Labute approximate surface area is 302 Å². The van der Waals surface area contributed by atoms with Gasteiger partial charge in [-0.3, -0.25) is 0 Å². The Morgan fingerprint density at radius 3 is 0.684 bits per heavy atom. The van der Waals surface area contributed by atoms with E-state index < -0.39 is 7.82 Å². The summed E-state index contributed by atoms with van der Waals surface area (Å²) in [5.41, 5.74) is 5.17. The van der Waals surface area contributed by atoms with Crippen LogP contribution in [0, 0.1) is 0 Å². The summed E-state index contributed by atoms with van der Waals surface area (Å²) in [6.45, 7) is 20.2. The van der Waals surface area contributed by atoms with Crippen LogP contribution in [0.25, 0.3) is 0 Å². The van der Waals surface area contributed by atoms with Crippen molar-refractivity contribution < 1.29 is 19.2 Å². The first-order valence-corrected chi connectivity index (χ1v) is 17.3. The van der Waals surface area contributed by atoms with Crippen LogP contribution in [0.1, 0.15) is 79.0 Å². The van der Waals surface area contributed by atoms with Crippen LogP contribution in [0.4, 0.5) is 0 Å². The van der Waals surface area contributed by atoms with Crippen LogP contribution in [0.2, 0.25) is 0 Å². The van der Waals surface area contributed by atoms with Crippen molar-refractivity contribution in [1.29, 1.82) is 0 Å². The zero-order valence-corrected chi connectivity index (χ0v) is 32.1. The van der Waals surface area contributed by atoms with Crippen LogP contribution >= 0.6 is 7.82 Å². The van der Waals surface area contributed by atoms with E-state index in [9.17, 15) is 0 Å². The van der Waals surface area contributed by atoms with Crippen molar-refractivity contribution in [2.24, 2.45) is 0 Å². The molecule has 3 rings (SSSR count). The van der Waals surface area contributed by atoms with Gasteiger partial charge in [-0.25, -0.2) is 0 Å². The van der Waals surface area contributed by atoms with Crippen molar-refractivity contribution in [2.75, 3.05) is 0 Å². The maximum atomic E-state index is 8.55. The standard InChI is InChI=1S/3C10H13.3Ca.H3O4P/c3*1-10(2,3)9-7-5-4-6-8-9;;;;1-5(2,3)4/h3*5-8H,1-3H3;;;;(H3,1,2,3,4)/q;;;3*+1;/p-3. The zero-order valence-electron chi connectivity index (χ0n) is 24.6. The number of hydrogen-bond donors (Lipinski definition) is 0. The van der Waals surface area contributed by atoms with Gasteiger partial charge < -0.3 is 19.2 Å². The second-order valence-corrected chi connectivity index (χ2v) is 17.0. The summed E-state index contributed by atoms with van der Waals surface area (Å²) >= 11 is 3.76. The van der Waals surface area contributed by atoms with Crippen molar-refractivity contribution in [2.45, 2.75) is 78.6 Å². The van der Waals surface area contributed by atoms with E-state index in [4.69, 9.17) is 19.2 Å². The van der Waals surface area contributed by atoms with Gasteiger partial charge in [0, 0.05) is 0 Å². The topological polar surface area (TPSA) is 86.2 Å². The molecule has 0 unspecified atom stereocenters. The van der Waals surface area contributed by atoms with Crippen molar-refractivity contribution in [1.82, 2.24) is 0 Å². The largest absolute Gasteiger partial charge is 0.822 e. The van der Waals surface area contributed by atoms with Crippen molar-refractivity contribution in [3.05, 3.63) is 89.5 Å². The smallest absolute Gasteiger partial charge is 0.159 e. The molecule has 0 aliphatic rings. The summed E-state index contributed by atoms with van der Waals surface area (Å²) < 4.78 is 12.9. The van der Waals surface area contributed by atoms with Crippen LogP contribution < -0.4 is 19.7 Å². The molecular formula is C30H39Ca3O4P. The summed E-state index contributed by atoms with van der Waals surface area (Å²) in [4.78, 5) is 25.6. The second-order valence-electron chi connectivity index (χ2n) is 12.3. The number of benzene rings is 3. The van der Waals surface area contributed by atoms with Crippen LogP contribution in [0.3, 0.4) is 0 Å². The number of rotatable bonds is 0. The second kappa shape index (κ2) is 17.6. The maximum absolute atomic E-state index is 8.55. The van der Waals surface area contributed by atoms with E-state index in [1.807, 2.05) is 0 Å². The molecule has 0 aromatic heterocycles. The summed E-state index contributed by atoms with van der Waals surface area (Å²) in [5, 5.41) is 0. The van der Waals surface area contributed by atoms with Crippen LogP contribution in [0.5, 0.6) is 0 Å². The summed E-state index contributed by atoms with van der Waals surface area (Å²) in [5.74, 6) is 0. The molecule has 0 heterocycles. The van der Waals surface area contributed by atoms with Crippen LogP contribution in [-0.2, 0) is 20.8 Å². The fourth-order valence-corrected chi connectivity index (χ4v) is 4.12. The minimum absolute atomic E-state index is 0.299. The third-order valence-electron chi connectivity index (χ3n) is 5.46. The monoisotopic (exact) mass is 614 g/mol. The first-order chi connectivity index (χ1) is 17.0. The Hall–Kier alpha value is 1.55. The third-order valence-corrected chi connectivity index (χ3v) is 7.67. The van der Waals surface area contributed by atoms with E-state index >= 15 is 0 Å². The number of phosphoric acid groups is 1. The fraction of sp³-hybridized carbons (Fsp3) is 0.400. The molecule has 0 atom stereocenters. The van der Waals surface area contributed by atoms with Crippen molar-refractivity contribution in [3.8, 4) is 0 Å². The molecule has 0 spiro atoms. The number of hydrogen-bond acceptors (Lipinski definition) is 4. The molecule has 0 N–H and O–H groups in total. The molecule has 0 saturated heterocycles.